The van der Waals surface area contributed by atoms with Gasteiger partial charge in [0.05, 0.1) is 6.04 Å². The Kier molecular flexibility index (Phi) is 6.80. The van der Waals surface area contributed by atoms with Crippen molar-refractivity contribution < 1.29 is 14.3 Å². The highest BCUT2D eigenvalue weighted by molar-refractivity contribution is 5.80. The van der Waals surface area contributed by atoms with Gasteiger partial charge in [0, 0.05) is 19.0 Å². The second kappa shape index (κ2) is 9.33. The van der Waals surface area contributed by atoms with Crippen molar-refractivity contribution in [1.82, 2.24) is 10.2 Å². The normalized spacial score (nSPS) is 16.1. The molecule has 3 rings (SSSR count). The molecule has 1 aliphatic rings. The number of carbonyl (C=O) groups excluding carboxylic acids is 2. The predicted molar refractivity (Wildman–Crippen MR) is 118 cm³/mol. The number of nitrogens with one attached hydrogen (secondary N) is 1. The van der Waals surface area contributed by atoms with E-state index in [1.165, 1.54) is 5.56 Å². The lowest BCUT2D eigenvalue weighted by molar-refractivity contribution is -0.127. The van der Waals surface area contributed by atoms with Gasteiger partial charge < -0.3 is 15.0 Å². The summed E-state index contributed by atoms with van der Waals surface area (Å²) in [6.45, 7) is 8.71. The fourth-order valence-electron chi connectivity index (χ4n) is 3.67. The van der Waals surface area contributed by atoms with E-state index in [-0.39, 0.29) is 24.0 Å². The Bertz CT molecular complexity index is 848. The summed E-state index contributed by atoms with van der Waals surface area (Å²) < 4.78 is 5.45. The summed E-state index contributed by atoms with van der Waals surface area (Å²) in [4.78, 5) is 27.0. The summed E-state index contributed by atoms with van der Waals surface area (Å²) in [6.07, 6.45) is 0.976. The van der Waals surface area contributed by atoms with Gasteiger partial charge in [-0.3, -0.25) is 4.79 Å². The third kappa shape index (κ3) is 5.85. The van der Waals surface area contributed by atoms with Crippen molar-refractivity contribution in [2.45, 2.75) is 52.2 Å². The van der Waals surface area contributed by atoms with Crippen molar-refractivity contribution in [3.8, 4) is 0 Å². The fraction of sp³-hybridized carbons (Fsp3) is 0.440. The van der Waals surface area contributed by atoms with E-state index in [1.807, 2.05) is 51.1 Å². The van der Waals surface area contributed by atoms with Crippen molar-refractivity contribution in [1.29, 1.82) is 0 Å². The molecule has 1 heterocycles. The largest absolute Gasteiger partial charge is 0.444 e. The van der Waals surface area contributed by atoms with Gasteiger partial charge in [-0.05, 0) is 51.7 Å². The van der Waals surface area contributed by atoms with Crippen molar-refractivity contribution in [3.05, 3.63) is 71.3 Å². The first-order valence-corrected chi connectivity index (χ1v) is 10.6. The Hall–Kier alpha value is -2.82. The van der Waals surface area contributed by atoms with Crippen LogP contribution in [-0.2, 0) is 9.53 Å². The minimum atomic E-state index is -0.512. The van der Waals surface area contributed by atoms with E-state index in [0.29, 0.717) is 25.9 Å². The number of benzene rings is 2. The average molecular weight is 409 g/mol. The minimum Gasteiger partial charge on any atom is -0.444 e. The number of amides is 2. The number of piperidine rings is 1. The molecule has 2 amide bonds. The molecule has 2 aromatic rings. The molecular formula is C25H32N2O3. The van der Waals surface area contributed by atoms with Crippen LogP contribution in [0, 0.1) is 12.8 Å². The molecule has 5 heteroatoms. The zero-order valence-corrected chi connectivity index (χ0v) is 18.4. The van der Waals surface area contributed by atoms with E-state index in [1.54, 1.807) is 4.90 Å². The van der Waals surface area contributed by atoms with E-state index in [9.17, 15) is 9.59 Å². The second-order valence-corrected chi connectivity index (χ2v) is 9.00. The summed E-state index contributed by atoms with van der Waals surface area (Å²) >= 11 is 0. The van der Waals surface area contributed by atoms with Crippen LogP contribution in [0.2, 0.25) is 0 Å². The first-order valence-electron chi connectivity index (χ1n) is 10.6. The van der Waals surface area contributed by atoms with Crippen LogP contribution in [0.1, 0.15) is 56.3 Å². The molecule has 30 heavy (non-hydrogen) atoms. The fourth-order valence-corrected chi connectivity index (χ4v) is 3.67. The van der Waals surface area contributed by atoms with Gasteiger partial charge in [0.2, 0.25) is 5.91 Å². The molecule has 0 radical (unpaired) electrons. The molecule has 0 aliphatic carbocycles. The molecule has 0 saturated carbocycles. The number of rotatable bonds is 4. The highest BCUT2D eigenvalue weighted by Crippen LogP contribution is 2.25. The summed E-state index contributed by atoms with van der Waals surface area (Å²) in [6, 6.07) is 18.1. The van der Waals surface area contributed by atoms with Crippen molar-refractivity contribution in [2.24, 2.45) is 5.92 Å². The van der Waals surface area contributed by atoms with Crippen LogP contribution < -0.4 is 5.32 Å². The van der Waals surface area contributed by atoms with Gasteiger partial charge in [-0.1, -0.05) is 60.2 Å². The Morgan fingerprint density at radius 2 is 1.53 bits per heavy atom. The van der Waals surface area contributed by atoms with Crippen LogP contribution in [0.3, 0.4) is 0 Å². The smallest absolute Gasteiger partial charge is 0.410 e. The number of ether oxygens (including phenoxy) is 1. The zero-order chi connectivity index (χ0) is 21.7. The summed E-state index contributed by atoms with van der Waals surface area (Å²) in [5, 5.41) is 3.25. The molecule has 160 valence electrons. The molecule has 1 fully saturated rings. The molecule has 5 nitrogen and oxygen atoms in total. The number of nitrogens with zero attached hydrogens (tertiary/aromatic N) is 1. The highest BCUT2D eigenvalue weighted by Gasteiger charge is 2.31. The summed E-state index contributed by atoms with van der Waals surface area (Å²) in [5.74, 6) is -0.0754. The molecular weight excluding hydrogens is 376 g/mol. The number of hydrogen-bond acceptors (Lipinski definition) is 3. The van der Waals surface area contributed by atoms with Crippen LogP contribution in [0.25, 0.3) is 0 Å². The standard InChI is InChI=1S/C25H32N2O3/c1-18-10-12-20(13-11-18)22(19-8-6-5-7-9-19)26-23(28)21-14-16-27(17-15-21)24(29)30-25(2,3)4/h5-13,21-22H,14-17H2,1-4H3,(H,26,28). The Labute approximate surface area is 179 Å². The van der Waals surface area contributed by atoms with Gasteiger partial charge in [-0.2, -0.15) is 0 Å². The second-order valence-electron chi connectivity index (χ2n) is 9.00. The number of hydrogen-bond donors (Lipinski definition) is 1. The average Bonchev–Trinajstić information content (AvgIpc) is 2.72. The zero-order valence-electron chi connectivity index (χ0n) is 18.4. The molecule has 1 saturated heterocycles. The lowest BCUT2D eigenvalue weighted by Gasteiger charge is -2.33. The van der Waals surface area contributed by atoms with Gasteiger partial charge in [-0.15, -0.1) is 0 Å². The molecule has 2 aromatic carbocycles. The van der Waals surface area contributed by atoms with Gasteiger partial charge in [0.15, 0.2) is 0 Å². The summed E-state index contributed by atoms with van der Waals surface area (Å²) in [5.41, 5.74) is 2.79. The number of likely N-dealkylation sites (tertiary alicyclic amines) is 1. The van der Waals surface area contributed by atoms with Gasteiger partial charge >= 0.3 is 6.09 Å². The molecule has 0 aromatic heterocycles. The quantitative estimate of drug-likeness (QED) is 0.787. The Morgan fingerprint density at radius 3 is 2.10 bits per heavy atom. The molecule has 0 spiro atoms. The maximum Gasteiger partial charge on any atom is 0.410 e. The molecule has 0 bridgehead atoms. The van der Waals surface area contributed by atoms with Crippen LogP contribution in [-0.4, -0.2) is 35.6 Å². The number of aryl methyl sites for hydroxylation is 1. The maximum atomic E-state index is 13.1. The molecule has 1 N–H and O–H groups in total. The monoisotopic (exact) mass is 408 g/mol. The van der Waals surface area contributed by atoms with Gasteiger partial charge in [-0.25, -0.2) is 4.79 Å². The van der Waals surface area contributed by atoms with E-state index in [0.717, 1.165) is 11.1 Å². The molecule has 1 aliphatic heterocycles. The lowest BCUT2D eigenvalue weighted by atomic mass is 9.93. The highest BCUT2D eigenvalue weighted by atomic mass is 16.6. The predicted octanol–water partition coefficient (Wildman–Crippen LogP) is 4.85. The number of carbonyl (C=O) groups is 2. The molecule has 1 atom stereocenters. The maximum absolute atomic E-state index is 13.1. The third-order valence-electron chi connectivity index (χ3n) is 5.35. The van der Waals surface area contributed by atoms with E-state index >= 15 is 0 Å². The lowest BCUT2D eigenvalue weighted by Crippen LogP contribution is -2.45. The topological polar surface area (TPSA) is 58.6 Å². The first kappa shape index (κ1) is 21.9. The van der Waals surface area contributed by atoms with Crippen LogP contribution in [0.5, 0.6) is 0 Å². The SMILES string of the molecule is Cc1ccc(C(NC(=O)C2CCN(C(=O)OC(C)(C)C)CC2)c2ccccc2)cc1. The van der Waals surface area contributed by atoms with Crippen molar-refractivity contribution in [3.63, 3.8) is 0 Å². The van der Waals surface area contributed by atoms with Crippen LogP contribution in [0.4, 0.5) is 4.79 Å². The summed E-state index contributed by atoms with van der Waals surface area (Å²) in [7, 11) is 0. The minimum absolute atomic E-state index is 0.0354. The Balaban J connectivity index is 1.65. The van der Waals surface area contributed by atoms with Gasteiger partial charge in [0.1, 0.15) is 5.60 Å². The first-order chi connectivity index (χ1) is 14.2. The van der Waals surface area contributed by atoms with E-state index < -0.39 is 5.60 Å². The van der Waals surface area contributed by atoms with Crippen molar-refractivity contribution >= 4 is 12.0 Å². The van der Waals surface area contributed by atoms with Crippen molar-refractivity contribution in [2.75, 3.05) is 13.1 Å². The van der Waals surface area contributed by atoms with Crippen LogP contribution in [0.15, 0.2) is 54.6 Å². The Morgan fingerprint density at radius 1 is 0.967 bits per heavy atom. The third-order valence-corrected chi connectivity index (χ3v) is 5.35. The van der Waals surface area contributed by atoms with Gasteiger partial charge in [0.25, 0.3) is 0 Å². The van der Waals surface area contributed by atoms with E-state index in [2.05, 4.69) is 36.5 Å². The van der Waals surface area contributed by atoms with E-state index in [4.69, 9.17) is 4.74 Å². The molecule has 1 unspecified atom stereocenters. The van der Waals surface area contributed by atoms with Crippen LogP contribution >= 0.6 is 0 Å².